The lowest BCUT2D eigenvalue weighted by Gasteiger charge is -2.34. The number of nitrogens with one attached hydrogen (secondary N) is 2. The van der Waals surface area contributed by atoms with E-state index in [9.17, 15) is 22.9 Å². The minimum atomic E-state index is -4.08. The van der Waals surface area contributed by atoms with Gasteiger partial charge in [0.15, 0.2) is 5.65 Å². The molecule has 4 aromatic rings. The molecule has 1 fully saturated rings. The summed E-state index contributed by atoms with van der Waals surface area (Å²) in [5.74, 6) is 0.454. The monoisotopic (exact) mass is 633 g/mol. The van der Waals surface area contributed by atoms with Crippen molar-refractivity contribution in [1.82, 2.24) is 29.4 Å². The number of fused-ring (bicyclic) bond motifs is 1. The van der Waals surface area contributed by atoms with E-state index in [0.717, 1.165) is 25.7 Å². The van der Waals surface area contributed by atoms with Crippen LogP contribution in [0.5, 0.6) is 0 Å². The first-order valence-corrected chi connectivity index (χ1v) is 16.3. The van der Waals surface area contributed by atoms with Crippen LogP contribution >= 0.6 is 0 Å². The zero-order valence-corrected chi connectivity index (χ0v) is 26.5. The molecule has 236 valence electrons. The van der Waals surface area contributed by atoms with Crippen LogP contribution in [0.3, 0.4) is 0 Å². The Morgan fingerprint density at radius 3 is 2.51 bits per heavy atom. The van der Waals surface area contributed by atoms with Crippen LogP contribution in [0.25, 0.3) is 22.4 Å². The third-order valence-electron chi connectivity index (χ3n) is 8.12. The fourth-order valence-electron chi connectivity index (χ4n) is 5.74. The molecule has 2 N–H and O–H groups in total. The van der Waals surface area contributed by atoms with Gasteiger partial charge in [0.25, 0.3) is 15.6 Å². The smallest absolute Gasteiger partial charge is 0.279 e. The highest BCUT2D eigenvalue weighted by molar-refractivity contribution is 7.92. The molecule has 1 saturated carbocycles. The molecule has 3 heterocycles. The second-order valence-electron chi connectivity index (χ2n) is 11.5. The number of anilines is 2. The van der Waals surface area contributed by atoms with Crippen LogP contribution in [-0.2, 0) is 10.0 Å². The lowest BCUT2D eigenvalue weighted by atomic mass is 9.90. The van der Waals surface area contributed by atoms with E-state index in [1.54, 1.807) is 29.8 Å². The Kier molecular flexibility index (Phi) is 9.40. The summed E-state index contributed by atoms with van der Waals surface area (Å²) >= 11 is 0. The van der Waals surface area contributed by atoms with E-state index in [2.05, 4.69) is 29.9 Å². The molecule has 0 saturated heterocycles. The van der Waals surface area contributed by atoms with Gasteiger partial charge >= 0.3 is 0 Å². The van der Waals surface area contributed by atoms with E-state index in [4.69, 9.17) is 4.98 Å². The predicted molar refractivity (Wildman–Crippen MR) is 170 cm³/mol. The Hall–Kier alpha value is -4.48. The van der Waals surface area contributed by atoms with Crippen molar-refractivity contribution in [3.05, 3.63) is 64.2 Å². The normalized spacial score (nSPS) is 17.0. The summed E-state index contributed by atoms with van der Waals surface area (Å²) in [7, 11) is -2.12. The van der Waals surface area contributed by atoms with Gasteiger partial charge in [0.05, 0.1) is 11.8 Å². The number of aryl methyl sites for hydroxylation is 1. The molecule has 5 rings (SSSR count). The van der Waals surface area contributed by atoms with Crippen molar-refractivity contribution in [3.63, 3.8) is 0 Å². The number of alkyl halides is 1. The Balaban J connectivity index is 1.41. The van der Waals surface area contributed by atoms with Gasteiger partial charge in [-0.15, -0.1) is 0 Å². The number of hydrogen-bond donors (Lipinski definition) is 2. The molecular formula is C31H36FN9O3S. The molecule has 0 amide bonds. The number of aromatic nitrogens is 5. The van der Waals surface area contributed by atoms with Crippen LogP contribution in [-0.4, -0.2) is 70.2 Å². The van der Waals surface area contributed by atoms with Gasteiger partial charge in [-0.1, -0.05) is 12.1 Å². The molecule has 0 spiro atoms. The summed E-state index contributed by atoms with van der Waals surface area (Å²) in [6.45, 7) is 5.52. The minimum Gasteiger partial charge on any atom is -0.351 e. The molecule has 45 heavy (non-hydrogen) atoms. The van der Waals surface area contributed by atoms with Crippen molar-refractivity contribution in [2.45, 2.75) is 69.5 Å². The number of rotatable bonds is 10. The van der Waals surface area contributed by atoms with Crippen LogP contribution in [0.4, 0.5) is 16.2 Å². The molecular weight excluding hydrogens is 597 g/mol. The molecule has 1 aliphatic carbocycles. The lowest BCUT2D eigenvalue weighted by Crippen LogP contribution is -2.39. The third-order valence-corrected chi connectivity index (χ3v) is 9.53. The zero-order chi connectivity index (χ0) is 32.3. The Bertz CT molecular complexity index is 1920. The maximum Gasteiger partial charge on any atom is 0.279 e. The van der Waals surface area contributed by atoms with Gasteiger partial charge in [-0.3, -0.25) is 14.1 Å². The van der Waals surface area contributed by atoms with Crippen LogP contribution in [0, 0.1) is 18.3 Å². The largest absolute Gasteiger partial charge is 0.351 e. The van der Waals surface area contributed by atoms with Crippen molar-refractivity contribution in [2.24, 2.45) is 0 Å². The molecule has 0 radical (unpaired) electrons. The molecule has 0 unspecified atom stereocenters. The standard InChI is InChI=1S/C31H36FN9O3S/c1-19(2)41-29-25(18-34-31(38-29)36-22-9-11-23(12-10-22)40(4)16-15-32)37-28(30(41)42)24-13-14-27(35-20(24)3)39-45(43,44)26-8-6-5-7-21(26)17-33/h5-8,13-14,18-19,22-23H,9-12,15-16H2,1-4H3,(H,35,39)(H,34,36,38)/t22-,23-. The Morgan fingerprint density at radius 2 is 1.84 bits per heavy atom. The number of benzene rings is 1. The van der Waals surface area contributed by atoms with E-state index >= 15 is 0 Å². The topological polar surface area (TPSA) is 159 Å². The molecule has 1 aromatic carbocycles. The molecule has 1 aliphatic rings. The molecule has 14 heteroatoms. The number of nitriles is 1. The summed E-state index contributed by atoms with van der Waals surface area (Å²) in [4.78, 5) is 33.9. The highest BCUT2D eigenvalue weighted by Gasteiger charge is 2.25. The maximum atomic E-state index is 13.8. The van der Waals surface area contributed by atoms with Crippen LogP contribution in [0.2, 0.25) is 0 Å². The Labute approximate surface area is 261 Å². The summed E-state index contributed by atoms with van der Waals surface area (Å²) < 4.78 is 42.7. The molecule has 3 aromatic heterocycles. The predicted octanol–water partition coefficient (Wildman–Crippen LogP) is 4.43. The van der Waals surface area contributed by atoms with Crippen molar-refractivity contribution >= 4 is 33.0 Å². The number of hydrogen-bond acceptors (Lipinski definition) is 10. The van der Waals surface area contributed by atoms with Gasteiger partial charge in [-0.2, -0.15) is 10.2 Å². The highest BCUT2D eigenvalue weighted by Crippen LogP contribution is 2.27. The first-order chi connectivity index (χ1) is 21.5. The maximum absolute atomic E-state index is 13.8. The fourth-order valence-corrected chi connectivity index (χ4v) is 6.90. The highest BCUT2D eigenvalue weighted by atomic mass is 32.2. The fraction of sp³-hybridized carbons (Fsp3) is 0.419. The number of pyridine rings is 1. The van der Waals surface area contributed by atoms with Crippen molar-refractivity contribution < 1.29 is 12.8 Å². The van der Waals surface area contributed by atoms with Gasteiger partial charge in [0.2, 0.25) is 5.95 Å². The van der Waals surface area contributed by atoms with Crippen LogP contribution in [0.1, 0.15) is 56.8 Å². The quantitative estimate of drug-likeness (QED) is 0.256. The number of nitrogens with zero attached hydrogens (tertiary/aromatic N) is 7. The van der Waals surface area contributed by atoms with Crippen LogP contribution < -0.4 is 15.6 Å². The minimum absolute atomic E-state index is 0.0129. The Morgan fingerprint density at radius 1 is 1.11 bits per heavy atom. The number of sulfonamides is 1. The van der Waals surface area contributed by atoms with E-state index in [1.807, 2.05) is 27.0 Å². The van der Waals surface area contributed by atoms with Crippen molar-refractivity contribution in [3.8, 4) is 17.3 Å². The van der Waals surface area contributed by atoms with Crippen molar-refractivity contribution in [2.75, 3.05) is 30.3 Å². The van der Waals surface area contributed by atoms with E-state index in [1.165, 1.54) is 24.3 Å². The summed E-state index contributed by atoms with van der Waals surface area (Å²) in [6.07, 6.45) is 5.29. The average Bonchev–Trinajstić information content (AvgIpc) is 3.01. The van der Waals surface area contributed by atoms with Gasteiger partial charge in [-0.05, 0) is 77.8 Å². The average molecular weight is 634 g/mol. The first kappa shape index (κ1) is 31.9. The summed E-state index contributed by atoms with van der Waals surface area (Å²) in [5, 5.41) is 12.7. The second-order valence-corrected chi connectivity index (χ2v) is 13.1. The third kappa shape index (κ3) is 6.79. The first-order valence-electron chi connectivity index (χ1n) is 14.8. The van der Waals surface area contributed by atoms with Gasteiger partial charge in [-0.25, -0.2) is 27.8 Å². The van der Waals surface area contributed by atoms with E-state index in [0.29, 0.717) is 41.0 Å². The summed E-state index contributed by atoms with van der Waals surface area (Å²) in [6, 6.07) is 11.1. The van der Waals surface area contributed by atoms with Crippen molar-refractivity contribution in [1.29, 1.82) is 5.26 Å². The summed E-state index contributed by atoms with van der Waals surface area (Å²) in [5.41, 5.74) is 1.45. The second kappa shape index (κ2) is 13.3. The van der Waals surface area contributed by atoms with E-state index < -0.39 is 10.0 Å². The van der Waals surface area contributed by atoms with Crippen LogP contribution in [0.15, 0.2) is 52.3 Å². The molecule has 0 atom stereocenters. The van der Waals surface area contributed by atoms with Gasteiger partial charge in [0, 0.05) is 35.9 Å². The van der Waals surface area contributed by atoms with E-state index in [-0.39, 0.29) is 46.3 Å². The van der Waals surface area contributed by atoms with Gasteiger partial charge < -0.3 is 10.2 Å². The SMILES string of the molecule is Cc1nc(NS(=O)(=O)c2ccccc2C#N)ccc1-c1nc2cnc(N[C@H]3CC[C@H](N(C)CCF)CC3)nc2n(C(C)C)c1=O. The number of halogens is 1. The lowest BCUT2D eigenvalue weighted by molar-refractivity contribution is 0.174. The zero-order valence-electron chi connectivity index (χ0n) is 25.7. The molecule has 12 nitrogen and oxygen atoms in total. The molecule has 0 bridgehead atoms. The van der Waals surface area contributed by atoms with Gasteiger partial charge in [0.1, 0.15) is 34.7 Å². The molecule has 0 aliphatic heterocycles.